The maximum absolute atomic E-state index is 11.5. The Kier molecular flexibility index (Phi) is 3.66. The Morgan fingerprint density at radius 2 is 2.11 bits per heavy atom. The number of nitrogens with one attached hydrogen (secondary N) is 1. The van der Waals surface area contributed by atoms with Gasteiger partial charge in [0.25, 0.3) is 5.56 Å². The van der Waals surface area contributed by atoms with Crippen molar-refractivity contribution in [2.45, 2.75) is 6.42 Å². The van der Waals surface area contributed by atoms with Crippen molar-refractivity contribution in [3.05, 3.63) is 63.6 Å². The molecule has 5 heteroatoms. The highest BCUT2D eigenvalue weighted by atomic mass is 16.5. The third-order valence-electron chi connectivity index (χ3n) is 2.79. The van der Waals surface area contributed by atoms with Crippen molar-refractivity contribution in [1.82, 2.24) is 4.98 Å². The molecule has 1 aromatic carbocycles. The molecule has 1 heterocycles. The zero-order valence-corrected chi connectivity index (χ0v) is 10.3. The molecular weight excluding hydrogens is 246 g/mol. The number of esters is 1. The van der Waals surface area contributed by atoms with Crippen LogP contribution in [0.1, 0.15) is 21.5 Å². The standard InChI is InChI=1S/C14H13NO4/c1-19-14(18)11-5-4-9(12(16)8-11)7-10-3-2-6-15-13(10)17/h2-6,8,16H,7H2,1H3,(H,15,17). The number of H-pyrrole nitrogens is 1. The second kappa shape index (κ2) is 5.39. The molecule has 0 aliphatic heterocycles. The number of phenols is 1. The van der Waals surface area contributed by atoms with Crippen molar-refractivity contribution in [1.29, 1.82) is 0 Å². The second-order valence-electron chi connectivity index (χ2n) is 4.04. The lowest BCUT2D eigenvalue weighted by atomic mass is 10.0. The van der Waals surface area contributed by atoms with E-state index in [9.17, 15) is 14.7 Å². The van der Waals surface area contributed by atoms with Gasteiger partial charge in [0, 0.05) is 18.2 Å². The smallest absolute Gasteiger partial charge is 0.337 e. The van der Waals surface area contributed by atoms with Gasteiger partial charge in [-0.05, 0) is 23.8 Å². The first-order valence-electron chi connectivity index (χ1n) is 5.68. The van der Waals surface area contributed by atoms with Crippen molar-refractivity contribution < 1.29 is 14.6 Å². The van der Waals surface area contributed by atoms with Crippen molar-refractivity contribution in [3.8, 4) is 5.75 Å². The summed E-state index contributed by atoms with van der Waals surface area (Å²) in [6.07, 6.45) is 1.84. The van der Waals surface area contributed by atoms with Gasteiger partial charge >= 0.3 is 5.97 Å². The van der Waals surface area contributed by atoms with Crippen LogP contribution in [0.3, 0.4) is 0 Å². The Morgan fingerprint density at radius 1 is 1.32 bits per heavy atom. The van der Waals surface area contributed by atoms with E-state index >= 15 is 0 Å². The van der Waals surface area contributed by atoms with Crippen molar-refractivity contribution in [2.75, 3.05) is 7.11 Å². The summed E-state index contributed by atoms with van der Waals surface area (Å²) >= 11 is 0. The Bertz CT molecular complexity index is 660. The van der Waals surface area contributed by atoms with Crippen LogP contribution in [0, 0.1) is 0 Å². The van der Waals surface area contributed by atoms with Gasteiger partial charge in [0.1, 0.15) is 5.75 Å². The van der Waals surface area contributed by atoms with Gasteiger partial charge in [-0.15, -0.1) is 0 Å². The molecule has 0 radical (unpaired) electrons. The maximum atomic E-state index is 11.5. The van der Waals surface area contributed by atoms with Gasteiger partial charge in [-0.25, -0.2) is 4.79 Å². The molecule has 0 saturated carbocycles. The highest BCUT2D eigenvalue weighted by Crippen LogP contribution is 2.21. The van der Waals surface area contributed by atoms with Gasteiger partial charge in [-0.1, -0.05) is 12.1 Å². The van der Waals surface area contributed by atoms with Crippen LogP contribution in [0.4, 0.5) is 0 Å². The maximum Gasteiger partial charge on any atom is 0.337 e. The number of rotatable bonds is 3. The van der Waals surface area contributed by atoms with E-state index in [1.54, 1.807) is 30.5 Å². The molecule has 2 rings (SSSR count). The number of benzene rings is 1. The van der Waals surface area contributed by atoms with Gasteiger partial charge < -0.3 is 14.8 Å². The van der Waals surface area contributed by atoms with Crippen LogP contribution in [0.5, 0.6) is 5.75 Å². The minimum atomic E-state index is -0.514. The molecule has 19 heavy (non-hydrogen) atoms. The second-order valence-corrected chi connectivity index (χ2v) is 4.04. The molecule has 2 aromatic rings. The third kappa shape index (κ3) is 2.82. The lowest BCUT2D eigenvalue weighted by Crippen LogP contribution is -2.11. The summed E-state index contributed by atoms with van der Waals surface area (Å²) in [7, 11) is 1.27. The predicted octanol–water partition coefficient (Wildman–Crippen LogP) is 1.46. The molecule has 5 nitrogen and oxygen atoms in total. The van der Waals surface area contributed by atoms with E-state index in [0.29, 0.717) is 17.5 Å². The number of aromatic nitrogens is 1. The molecule has 0 saturated heterocycles. The predicted molar refractivity (Wildman–Crippen MR) is 69.3 cm³/mol. The van der Waals surface area contributed by atoms with Crippen LogP contribution in [0.2, 0.25) is 0 Å². The first-order valence-corrected chi connectivity index (χ1v) is 5.68. The molecule has 2 N–H and O–H groups in total. The van der Waals surface area contributed by atoms with Crippen molar-refractivity contribution >= 4 is 5.97 Å². The number of carbonyl (C=O) groups excluding carboxylic acids is 1. The van der Waals surface area contributed by atoms with E-state index in [2.05, 4.69) is 9.72 Å². The molecule has 0 fully saturated rings. The van der Waals surface area contributed by atoms with E-state index in [1.807, 2.05) is 0 Å². The van der Waals surface area contributed by atoms with Crippen molar-refractivity contribution in [3.63, 3.8) is 0 Å². The van der Waals surface area contributed by atoms with Gasteiger partial charge in [0.2, 0.25) is 0 Å². The number of pyridine rings is 1. The molecule has 0 spiro atoms. The lowest BCUT2D eigenvalue weighted by molar-refractivity contribution is 0.0600. The number of ether oxygens (including phenoxy) is 1. The molecular formula is C14H13NO4. The number of aromatic amines is 1. The average Bonchev–Trinajstić information content (AvgIpc) is 2.42. The fourth-order valence-corrected chi connectivity index (χ4v) is 1.76. The van der Waals surface area contributed by atoms with E-state index in [-0.39, 0.29) is 16.9 Å². The number of aromatic hydroxyl groups is 1. The zero-order chi connectivity index (χ0) is 13.8. The monoisotopic (exact) mass is 259 g/mol. The molecule has 0 aliphatic carbocycles. The molecule has 0 bridgehead atoms. The van der Waals surface area contributed by atoms with E-state index < -0.39 is 5.97 Å². The Labute approximate surface area is 109 Å². The Balaban J connectivity index is 2.30. The van der Waals surface area contributed by atoms with Gasteiger partial charge in [0.05, 0.1) is 12.7 Å². The van der Waals surface area contributed by atoms with Crippen LogP contribution in [0.25, 0.3) is 0 Å². The van der Waals surface area contributed by atoms with Crippen LogP contribution < -0.4 is 5.56 Å². The summed E-state index contributed by atoms with van der Waals surface area (Å²) in [5, 5.41) is 9.87. The normalized spacial score (nSPS) is 10.2. The number of carbonyl (C=O) groups is 1. The first kappa shape index (κ1) is 12.9. The summed E-state index contributed by atoms with van der Waals surface area (Å²) < 4.78 is 4.56. The zero-order valence-electron chi connectivity index (χ0n) is 10.3. The van der Waals surface area contributed by atoms with Gasteiger partial charge in [-0.2, -0.15) is 0 Å². The molecule has 0 atom stereocenters. The summed E-state index contributed by atoms with van der Waals surface area (Å²) in [5.74, 6) is -0.550. The van der Waals surface area contributed by atoms with Gasteiger partial charge in [-0.3, -0.25) is 4.79 Å². The van der Waals surface area contributed by atoms with Crippen LogP contribution in [0.15, 0.2) is 41.3 Å². The quantitative estimate of drug-likeness (QED) is 0.818. The molecule has 98 valence electrons. The van der Waals surface area contributed by atoms with Crippen LogP contribution >= 0.6 is 0 Å². The topological polar surface area (TPSA) is 79.4 Å². The number of methoxy groups -OCH3 is 1. The van der Waals surface area contributed by atoms with Crippen LogP contribution in [-0.2, 0) is 11.2 Å². The molecule has 1 aromatic heterocycles. The summed E-state index contributed by atoms with van der Waals surface area (Å²) in [4.78, 5) is 25.4. The lowest BCUT2D eigenvalue weighted by Gasteiger charge is -2.06. The Hall–Kier alpha value is -2.56. The largest absolute Gasteiger partial charge is 0.508 e. The van der Waals surface area contributed by atoms with E-state index in [1.165, 1.54) is 13.2 Å². The molecule has 0 unspecified atom stereocenters. The van der Waals surface area contributed by atoms with E-state index in [0.717, 1.165) is 0 Å². The van der Waals surface area contributed by atoms with Crippen LogP contribution in [-0.4, -0.2) is 23.2 Å². The molecule has 0 aliphatic rings. The SMILES string of the molecule is COC(=O)c1ccc(Cc2ccc[nH]c2=O)c(O)c1. The van der Waals surface area contributed by atoms with Gasteiger partial charge in [0.15, 0.2) is 0 Å². The van der Waals surface area contributed by atoms with E-state index in [4.69, 9.17) is 0 Å². The van der Waals surface area contributed by atoms with Crippen molar-refractivity contribution in [2.24, 2.45) is 0 Å². The summed E-state index contributed by atoms with van der Waals surface area (Å²) in [5.41, 5.74) is 1.19. The number of phenolic OH excluding ortho intramolecular Hbond substituents is 1. The minimum Gasteiger partial charge on any atom is -0.508 e. The fourth-order valence-electron chi connectivity index (χ4n) is 1.76. The number of hydrogen-bond donors (Lipinski definition) is 2. The third-order valence-corrected chi connectivity index (χ3v) is 2.79. The Morgan fingerprint density at radius 3 is 2.74 bits per heavy atom. The average molecular weight is 259 g/mol. The highest BCUT2D eigenvalue weighted by Gasteiger charge is 2.10. The minimum absolute atomic E-state index is 0.0360. The fraction of sp³-hybridized carbons (Fsp3) is 0.143. The summed E-state index contributed by atoms with van der Waals surface area (Å²) in [6.45, 7) is 0. The first-order chi connectivity index (χ1) is 9.11. The highest BCUT2D eigenvalue weighted by molar-refractivity contribution is 5.89. The summed E-state index contributed by atoms with van der Waals surface area (Å²) in [6, 6.07) is 7.90. The number of hydrogen-bond acceptors (Lipinski definition) is 4. The molecule has 0 amide bonds.